The summed E-state index contributed by atoms with van der Waals surface area (Å²) in [5, 5.41) is 12.9. The van der Waals surface area contributed by atoms with E-state index in [2.05, 4.69) is 11.1 Å². The zero-order valence-corrected chi connectivity index (χ0v) is 22.7. The van der Waals surface area contributed by atoms with E-state index in [1.807, 2.05) is 43.3 Å². The van der Waals surface area contributed by atoms with Crippen molar-refractivity contribution in [2.75, 3.05) is 0 Å². The standard InChI is InChI=1S/C25H15F3N.C5H8O2.Ir/c1-15-5-4-8-20-18(15)9-10-22-21(20)11-12-29-24(22)17-13-16-6-2-3-7-19(16)23(14-17)25(26,27)28;1-4(6)3-5(2)7;/h2-12,14H,1H3;3,6H,1-2H3;/q-1;;/b;4-3-;. The summed E-state index contributed by atoms with van der Waals surface area (Å²) in [5.74, 6) is -0.0625. The van der Waals surface area contributed by atoms with Gasteiger partial charge in [-0.1, -0.05) is 59.5 Å². The molecule has 5 rings (SSSR count). The summed E-state index contributed by atoms with van der Waals surface area (Å²) in [7, 11) is 0. The molecule has 0 saturated carbocycles. The normalized spacial score (nSPS) is 11.7. The van der Waals surface area contributed by atoms with Gasteiger partial charge in [0.2, 0.25) is 0 Å². The third-order valence-electron chi connectivity index (χ3n) is 5.77. The number of nitrogens with zero attached hydrogens (tertiary/aromatic N) is 1. The Morgan fingerprint density at radius 1 is 0.892 bits per heavy atom. The molecule has 0 aliphatic carbocycles. The molecule has 5 aromatic rings. The van der Waals surface area contributed by atoms with Gasteiger partial charge in [-0.15, -0.1) is 23.6 Å². The number of aliphatic hydroxyl groups excluding tert-OH is 1. The van der Waals surface area contributed by atoms with E-state index < -0.39 is 11.7 Å². The van der Waals surface area contributed by atoms with E-state index in [0.29, 0.717) is 16.6 Å². The molecule has 3 nitrogen and oxygen atoms in total. The molecule has 0 saturated heterocycles. The largest absolute Gasteiger partial charge is 0.512 e. The van der Waals surface area contributed by atoms with Crippen LogP contribution < -0.4 is 0 Å². The third-order valence-corrected chi connectivity index (χ3v) is 5.77. The number of aryl methyl sites for hydroxylation is 1. The number of allylic oxidation sites excluding steroid dienone is 2. The molecular weight excluding hydrogens is 656 g/mol. The molecule has 37 heavy (non-hydrogen) atoms. The van der Waals surface area contributed by atoms with Crippen LogP contribution in [-0.2, 0) is 31.1 Å². The molecule has 0 amide bonds. The minimum Gasteiger partial charge on any atom is -0.512 e. The van der Waals surface area contributed by atoms with Crippen molar-refractivity contribution in [1.29, 1.82) is 0 Å². The Kier molecular flexibility index (Phi) is 8.52. The Morgan fingerprint density at radius 2 is 1.54 bits per heavy atom. The number of benzene rings is 4. The average Bonchev–Trinajstić information content (AvgIpc) is 2.82. The first-order chi connectivity index (χ1) is 17.1. The Hall–Kier alpha value is -3.54. The smallest absolute Gasteiger partial charge is 0.403 e. The maximum Gasteiger partial charge on any atom is 0.403 e. The fourth-order valence-corrected chi connectivity index (χ4v) is 4.28. The first-order valence-electron chi connectivity index (χ1n) is 11.2. The van der Waals surface area contributed by atoms with Crippen LogP contribution in [0.3, 0.4) is 0 Å². The van der Waals surface area contributed by atoms with E-state index in [0.717, 1.165) is 33.2 Å². The number of aliphatic hydroxyl groups is 1. The fraction of sp³-hybridized carbons (Fsp3) is 0.133. The number of pyridine rings is 1. The topological polar surface area (TPSA) is 50.2 Å². The van der Waals surface area contributed by atoms with Crippen LogP contribution in [-0.4, -0.2) is 15.9 Å². The monoisotopic (exact) mass is 679 g/mol. The first kappa shape index (κ1) is 28.0. The number of ketones is 1. The summed E-state index contributed by atoms with van der Waals surface area (Å²) in [5.41, 5.74) is 1.33. The summed E-state index contributed by atoms with van der Waals surface area (Å²) in [4.78, 5) is 14.5. The van der Waals surface area contributed by atoms with Gasteiger partial charge in [0.25, 0.3) is 0 Å². The van der Waals surface area contributed by atoms with E-state index >= 15 is 0 Å². The number of hydrogen-bond donors (Lipinski definition) is 1. The summed E-state index contributed by atoms with van der Waals surface area (Å²) in [6.45, 7) is 4.89. The van der Waals surface area contributed by atoms with E-state index in [1.54, 1.807) is 24.4 Å². The predicted molar refractivity (Wildman–Crippen MR) is 138 cm³/mol. The SMILES string of the molecule is CC(=O)/C=C(/C)O.Cc1cccc2c1ccc1c(-c3[c-]c4ccccc4c(C(F)(F)F)c3)nccc12.[Ir]. The molecule has 0 unspecified atom stereocenters. The van der Waals surface area contributed by atoms with Gasteiger partial charge in [0, 0.05) is 38.1 Å². The Bertz CT molecular complexity index is 1640. The van der Waals surface area contributed by atoms with Crippen LogP contribution in [0, 0.1) is 13.0 Å². The molecule has 1 N–H and O–H groups in total. The fourth-order valence-electron chi connectivity index (χ4n) is 4.28. The summed E-state index contributed by atoms with van der Waals surface area (Å²) >= 11 is 0. The number of fused-ring (bicyclic) bond motifs is 4. The number of carbonyl (C=O) groups is 1. The molecule has 0 atom stereocenters. The molecule has 0 aliphatic rings. The van der Waals surface area contributed by atoms with Crippen LogP contribution in [0.5, 0.6) is 0 Å². The van der Waals surface area contributed by atoms with Crippen LogP contribution in [0.2, 0.25) is 0 Å². The molecule has 4 aromatic carbocycles. The van der Waals surface area contributed by atoms with Gasteiger partial charge in [-0.3, -0.25) is 9.78 Å². The number of alkyl halides is 3. The number of carbonyl (C=O) groups excluding carboxylic acids is 1. The van der Waals surface area contributed by atoms with Crippen molar-refractivity contribution in [3.8, 4) is 11.3 Å². The quantitative estimate of drug-likeness (QED) is 0.0884. The van der Waals surface area contributed by atoms with E-state index in [4.69, 9.17) is 5.11 Å². The van der Waals surface area contributed by atoms with Crippen molar-refractivity contribution in [3.63, 3.8) is 0 Å². The maximum atomic E-state index is 13.7. The number of halogens is 3. The van der Waals surface area contributed by atoms with Crippen LogP contribution >= 0.6 is 0 Å². The second-order valence-corrected chi connectivity index (χ2v) is 8.53. The van der Waals surface area contributed by atoms with Crippen molar-refractivity contribution in [3.05, 3.63) is 102 Å². The van der Waals surface area contributed by atoms with Gasteiger partial charge in [-0.05, 0) is 59.5 Å². The molecule has 0 spiro atoms. The van der Waals surface area contributed by atoms with Gasteiger partial charge in [0.05, 0.1) is 5.76 Å². The van der Waals surface area contributed by atoms with Crippen LogP contribution in [0.25, 0.3) is 43.6 Å². The van der Waals surface area contributed by atoms with E-state index in [1.165, 1.54) is 26.0 Å². The van der Waals surface area contributed by atoms with Gasteiger partial charge in [-0.2, -0.15) is 13.2 Å². The summed E-state index contributed by atoms with van der Waals surface area (Å²) in [6.07, 6.45) is -1.65. The summed E-state index contributed by atoms with van der Waals surface area (Å²) < 4.78 is 41.2. The number of rotatable bonds is 2. The Labute approximate surface area is 226 Å². The van der Waals surface area contributed by atoms with Crippen LogP contribution in [0.4, 0.5) is 13.2 Å². The molecule has 1 aromatic heterocycles. The molecule has 0 fully saturated rings. The van der Waals surface area contributed by atoms with Crippen LogP contribution in [0.1, 0.15) is 25.0 Å². The van der Waals surface area contributed by atoms with Gasteiger partial charge >= 0.3 is 6.18 Å². The molecule has 0 aliphatic heterocycles. The zero-order valence-electron chi connectivity index (χ0n) is 20.3. The maximum absolute atomic E-state index is 13.7. The van der Waals surface area contributed by atoms with E-state index in [9.17, 15) is 18.0 Å². The first-order valence-corrected chi connectivity index (χ1v) is 11.2. The number of aromatic nitrogens is 1. The van der Waals surface area contributed by atoms with Gasteiger partial charge < -0.3 is 5.11 Å². The van der Waals surface area contributed by atoms with Crippen molar-refractivity contribution >= 4 is 38.1 Å². The van der Waals surface area contributed by atoms with Gasteiger partial charge in [-0.25, -0.2) is 0 Å². The van der Waals surface area contributed by atoms with Crippen molar-refractivity contribution in [2.45, 2.75) is 26.9 Å². The Balaban J connectivity index is 0.000000422. The van der Waals surface area contributed by atoms with Gasteiger partial charge in [0.15, 0.2) is 5.78 Å². The average molecular weight is 679 g/mol. The van der Waals surface area contributed by atoms with Crippen LogP contribution in [0.15, 0.2) is 84.8 Å². The molecule has 1 heterocycles. The zero-order chi connectivity index (χ0) is 26.0. The van der Waals surface area contributed by atoms with E-state index in [-0.39, 0.29) is 37.0 Å². The van der Waals surface area contributed by atoms with Crippen molar-refractivity contribution in [2.24, 2.45) is 0 Å². The molecule has 0 bridgehead atoms. The third kappa shape index (κ3) is 6.07. The second-order valence-electron chi connectivity index (χ2n) is 8.53. The molecule has 7 heteroatoms. The Morgan fingerprint density at radius 3 is 2.19 bits per heavy atom. The summed E-state index contributed by atoms with van der Waals surface area (Å²) in [6, 6.07) is 22.7. The molecular formula is C30H23F3IrNO2-. The predicted octanol–water partition coefficient (Wildman–Crippen LogP) is 8.37. The van der Waals surface area contributed by atoms with Gasteiger partial charge in [0.1, 0.15) is 0 Å². The number of hydrogen-bond acceptors (Lipinski definition) is 3. The van der Waals surface area contributed by atoms with Crippen molar-refractivity contribution < 1.29 is 43.2 Å². The minimum absolute atomic E-state index is 0. The second kappa shape index (κ2) is 11.2. The minimum atomic E-state index is -4.46. The van der Waals surface area contributed by atoms with Crippen molar-refractivity contribution in [1.82, 2.24) is 4.98 Å². The molecule has 1 radical (unpaired) electrons. The molecule has 191 valence electrons.